The molecule has 1 aromatic carbocycles. The molecular weight excluding hydrogens is 386 g/mol. The summed E-state index contributed by atoms with van der Waals surface area (Å²) < 4.78 is 0. The Labute approximate surface area is 175 Å². The molecule has 3 unspecified atom stereocenters. The second-order valence-corrected chi connectivity index (χ2v) is 7.67. The number of imidazole rings is 1. The third-order valence-electron chi connectivity index (χ3n) is 4.57. The van der Waals surface area contributed by atoms with E-state index in [0.717, 1.165) is 5.56 Å². The van der Waals surface area contributed by atoms with Gasteiger partial charge in [-0.15, -0.1) is 0 Å². The number of carboxylic acids is 1. The lowest BCUT2D eigenvalue weighted by atomic mass is 10.0. The van der Waals surface area contributed by atoms with Crippen LogP contribution in [-0.4, -0.2) is 51.0 Å². The molecule has 0 saturated carbocycles. The minimum absolute atomic E-state index is 0.0416. The van der Waals surface area contributed by atoms with E-state index in [2.05, 4.69) is 20.6 Å². The lowest BCUT2D eigenvalue weighted by Gasteiger charge is -2.23. The van der Waals surface area contributed by atoms with Gasteiger partial charge in [0, 0.05) is 24.7 Å². The molecule has 0 saturated heterocycles. The number of aromatic amines is 1. The number of hydrogen-bond donors (Lipinski definition) is 5. The van der Waals surface area contributed by atoms with Gasteiger partial charge in [-0.2, -0.15) is 0 Å². The standard InChI is InChI=1S/C21H29N5O4/c1-13(2)8-16(22)19(27)25-17(9-14-6-4-3-5-7-14)20(28)26-18(21(29)30)10-15-11-23-12-24-15/h3-7,11-13,16-18H,8-10,22H2,1-2H3,(H,23,24)(H,25,27)(H,26,28)(H,29,30). The van der Waals surface area contributed by atoms with Gasteiger partial charge in [0.05, 0.1) is 12.4 Å². The van der Waals surface area contributed by atoms with Crippen LogP contribution in [0.3, 0.4) is 0 Å². The van der Waals surface area contributed by atoms with Crippen LogP contribution < -0.4 is 16.4 Å². The Kier molecular flexibility index (Phi) is 8.54. The summed E-state index contributed by atoms with van der Waals surface area (Å²) in [5, 5.41) is 14.7. The summed E-state index contributed by atoms with van der Waals surface area (Å²) in [4.78, 5) is 43.7. The first-order valence-electron chi connectivity index (χ1n) is 9.86. The molecule has 2 rings (SSSR count). The smallest absolute Gasteiger partial charge is 0.326 e. The molecule has 9 nitrogen and oxygen atoms in total. The molecule has 6 N–H and O–H groups in total. The molecule has 0 aliphatic carbocycles. The minimum atomic E-state index is -1.18. The Hall–Kier alpha value is -3.20. The fourth-order valence-corrected chi connectivity index (χ4v) is 3.04. The molecule has 30 heavy (non-hydrogen) atoms. The number of hydrogen-bond acceptors (Lipinski definition) is 5. The average molecular weight is 415 g/mol. The lowest BCUT2D eigenvalue weighted by molar-refractivity contribution is -0.142. The van der Waals surface area contributed by atoms with Gasteiger partial charge in [-0.3, -0.25) is 9.59 Å². The van der Waals surface area contributed by atoms with Gasteiger partial charge in [-0.1, -0.05) is 44.2 Å². The first-order chi connectivity index (χ1) is 14.3. The van der Waals surface area contributed by atoms with Gasteiger partial charge in [0.15, 0.2) is 0 Å². The van der Waals surface area contributed by atoms with Crippen LogP contribution in [0.1, 0.15) is 31.5 Å². The number of aromatic nitrogens is 2. The number of aliphatic carboxylic acids is 1. The first kappa shape index (κ1) is 23.1. The highest BCUT2D eigenvalue weighted by atomic mass is 16.4. The number of H-pyrrole nitrogens is 1. The highest BCUT2D eigenvalue weighted by Gasteiger charge is 2.28. The molecule has 9 heteroatoms. The molecule has 0 spiro atoms. The topological polar surface area (TPSA) is 150 Å². The second-order valence-electron chi connectivity index (χ2n) is 7.67. The molecule has 162 valence electrons. The number of benzene rings is 1. The zero-order valence-electron chi connectivity index (χ0n) is 17.2. The van der Waals surface area contributed by atoms with Crippen molar-refractivity contribution in [1.29, 1.82) is 0 Å². The predicted octanol–water partition coefficient (Wildman–Crippen LogP) is 0.623. The number of nitrogens with two attached hydrogens (primary N) is 1. The van der Waals surface area contributed by atoms with Crippen molar-refractivity contribution in [2.75, 3.05) is 0 Å². The van der Waals surface area contributed by atoms with E-state index in [1.54, 1.807) is 0 Å². The summed E-state index contributed by atoms with van der Waals surface area (Å²) in [5.74, 6) is -1.99. The van der Waals surface area contributed by atoms with Crippen LogP contribution in [0, 0.1) is 5.92 Å². The fraction of sp³-hybridized carbons (Fsp3) is 0.429. The maximum atomic E-state index is 12.9. The summed E-state index contributed by atoms with van der Waals surface area (Å²) in [5.41, 5.74) is 7.35. The zero-order chi connectivity index (χ0) is 22.1. The van der Waals surface area contributed by atoms with Gasteiger partial charge < -0.3 is 26.5 Å². The molecule has 1 heterocycles. The van der Waals surface area contributed by atoms with Crippen molar-refractivity contribution in [2.24, 2.45) is 11.7 Å². The van der Waals surface area contributed by atoms with Gasteiger partial charge in [-0.25, -0.2) is 9.78 Å². The highest BCUT2D eigenvalue weighted by Crippen LogP contribution is 2.07. The van der Waals surface area contributed by atoms with E-state index in [0.29, 0.717) is 12.1 Å². The Morgan fingerprint density at radius 2 is 1.73 bits per heavy atom. The molecule has 0 radical (unpaired) electrons. The molecule has 0 aliphatic rings. The third-order valence-corrected chi connectivity index (χ3v) is 4.57. The van der Waals surface area contributed by atoms with Gasteiger partial charge >= 0.3 is 5.97 Å². The van der Waals surface area contributed by atoms with E-state index < -0.39 is 35.9 Å². The molecule has 1 aromatic heterocycles. The average Bonchev–Trinajstić information content (AvgIpc) is 3.20. The number of rotatable bonds is 11. The van der Waals surface area contributed by atoms with Crippen molar-refractivity contribution in [1.82, 2.24) is 20.6 Å². The number of amides is 2. The maximum Gasteiger partial charge on any atom is 0.326 e. The number of nitrogens with one attached hydrogen (secondary N) is 3. The van der Waals surface area contributed by atoms with E-state index in [1.807, 2.05) is 44.2 Å². The van der Waals surface area contributed by atoms with E-state index in [4.69, 9.17) is 5.73 Å². The monoisotopic (exact) mass is 415 g/mol. The molecule has 0 aliphatic heterocycles. The fourth-order valence-electron chi connectivity index (χ4n) is 3.04. The van der Waals surface area contributed by atoms with Crippen LogP contribution in [0.5, 0.6) is 0 Å². The quantitative estimate of drug-likeness (QED) is 0.363. The second kappa shape index (κ2) is 11.1. The maximum absolute atomic E-state index is 12.9. The van der Waals surface area contributed by atoms with Crippen LogP contribution >= 0.6 is 0 Å². The van der Waals surface area contributed by atoms with Crippen LogP contribution in [0.2, 0.25) is 0 Å². The third kappa shape index (κ3) is 7.32. The van der Waals surface area contributed by atoms with Crippen LogP contribution in [0.25, 0.3) is 0 Å². The minimum Gasteiger partial charge on any atom is -0.480 e. The van der Waals surface area contributed by atoms with E-state index in [-0.39, 0.29) is 18.8 Å². The van der Waals surface area contributed by atoms with Crippen molar-refractivity contribution in [3.8, 4) is 0 Å². The van der Waals surface area contributed by atoms with Crippen molar-refractivity contribution >= 4 is 17.8 Å². The van der Waals surface area contributed by atoms with E-state index >= 15 is 0 Å². The van der Waals surface area contributed by atoms with Gasteiger partial charge in [-0.05, 0) is 17.9 Å². The van der Waals surface area contributed by atoms with Gasteiger partial charge in [0.1, 0.15) is 12.1 Å². The van der Waals surface area contributed by atoms with Gasteiger partial charge in [0.25, 0.3) is 0 Å². The summed E-state index contributed by atoms with van der Waals surface area (Å²) >= 11 is 0. The molecule has 2 aromatic rings. The Balaban J connectivity index is 2.13. The number of carbonyl (C=O) groups excluding carboxylic acids is 2. The Bertz CT molecular complexity index is 823. The van der Waals surface area contributed by atoms with E-state index in [9.17, 15) is 19.5 Å². The normalized spacial score (nSPS) is 14.0. The van der Waals surface area contributed by atoms with Gasteiger partial charge in [0.2, 0.25) is 11.8 Å². The van der Waals surface area contributed by atoms with E-state index in [1.165, 1.54) is 12.5 Å². The molecule has 0 bridgehead atoms. The number of nitrogens with zero attached hydrogens (tertiary/aromatic N) is 1. The van der Waals surface area contributed by atoms with Crippen molar-refractivity contribution < 1.29 is 19.5 Å². The van der Waals surface area contributed by atoms with Crippen molar-refractivity contribution in [3.05, 3.63) is 54.1 Å². The SMILES string of the molecule is CC(C)CC(N)C(=O)NC(Cc1ccccc1)C(=O)NC(Cc1cnc[nH]1)C(=O)O. The largest absolute Gasteiger partial charge is 0.480 e. The zero-order valence-corrected chi connectivity index (χ0v) is 17.2. The summed E-state index contributed by atoms with van der Waals surface area (Å²) in [6.07, 6.45) is 3.66. The molecular formula is C21H29N5O4. The van der Waals surface area contributed by atoms with Crippen LogP contribution in [0.15, 0.2) is 42.9 Å². The van der Waals surface area contributed by atoms with Crippen molar-refractivity contribution in [3.63, 3.8) is 0 Å². The highest BCUT2D eigenvalue weighted by molar-refractivity contribution is 5.92. The lowest BCUT2D eigenvalue weighted by Crippen LogP contribution is -2.55. The van der Waals surface area contributed by atoms with Crippen molar-refractivity contribution in [2.45, 2.75) is 51.2 Å². The molecule has 2 amide bonds. The summed E-state index contributed by atoms with van der Waals surface area (Å²) in [6, 6.07) is 6.29. The first-order valence-corrected chi connectivity index (χ1v) is 9.86. The predicted molar refractivity (Wildman–Crippen MR) is 111 cm³/mol. The number of carbonyl (C=O) groups is 3. The Morgan fingerprint density at radius 1 is 1.07 bits per heavy atom. The Morgan fingerprint density at radius 3 is 2.30 bits per heavy atom. The summed E-state index contributed by atoms with van der Waals surface area (Å²) in [6.45, 7) is 3.91. The summed E-state index contributed by atoms with van der Waals surface area (Å²) in [7, 11) is 0. The molecule has 0 fully saturated rings. The van der Waals surface area contributed by atoms with Crippen LogP contribution in [0.4, 0.5) is 0 Å². The number of carboxylic acid groups (broad SMARTS) is 1. The van der Waals surface area contributed by atoms with Crippen LogP contribution in [-0.2, 0) is 27.2 Å². The molecule has 3 atom stereocenters.